The summed E-state index contributed by atoms with van der Waals surface area (Å²) >= 11 is 12.5. The molecule has 5 amide bonds. The van der Waals surface area contributed by atoms with Gasteiger partial charge in [0.25, 0.3) is 17.7 Å². The van der Waals surface area contributed by atoms with E-state index in [2.05, 4.69) is 69.9 Å². The van der Waals surface area contributed by atoms with E-state index in [-0.39, 0.29) is 36.7 Å². The number of aromatic nitrogens is 4. The predicted octanol–water partition coefficient (Wildman–Crippen LogP) is 5.45. The zero-order chi connectivity index (χ0) is 43.4. The molecule has 18 heteroatoms. The van der Waals surface area contributed by atoms with E-state index in [4.69, 9.17) is 23.2 Å². The highest BCUT2D eigenvalue weighted by atomic mass is 35.5. The molecule has 16 nitrogen and oxygen atoms in total. The Kier molecular flexibility index (Phi) is 11.0. The summed E-state index contributed by atoms with van der Waals surface area (Å²) in [5, 5.41) is 9.38. The average molecular weight is 891 g/mol. The van der Waals surface area contributed by atoms with Crippen molar-refractivity contribution in [3.8, 4) is 0 Å². The lowest BCUT2D eigenvalue weighted by Crippen LogP contribution is -2.54. The Hall–Kier alpha value is -6.10. The lowest BCUT2D eigenvalue weighted by atomic mass is 9.86. The number of carbonyl (C=O) groups is 5. The smallest absolute Gasteiger partial charge is 0.262 e. The molecule has 10 rings (SSSR count). The summed E-state index contributed by atoms with van der Waals surface area (Å²) in [4.78, 5) is 85.5. The first-order chi connectivity index (χ1) is 30.6. The van der Waals surface area contributed by atoms with Gasteiger partial charge in [0.2, 0.25) is 11.8 Å². The lowest BCUT2D eigenvalue weighted by molar-refractivity contribution is -0.136. The first-order valence-electron chi connectivity index (χ1n) is 21.5. The van der Waals surface area contributed by atoms with Gasteiger partial charge in [0.1, 0.15) is 12.4 Å². The summed E-state index contributed by atoms with van der Waals surface area (Å²) in [6.07, 6.45) is 7.08. The molecule has 2 aromatic heterocycles. The van der Waals surface area contributed by atoms with Crippen molar-refractivity contribution in [2.45, 2.75) is 56.7 Å². The van der Waals surface area contributed by atoms with Gasteiger partial charge >= 0.3 is 0 Å². The van der Waals surface area contributed by atoms with E-state index in [1.54, 1.807) is 43.0 Å². The molecule has 0 radical (unpaired) electrons. The third-order valence-corrected chi connectivity index (χ3v) is 13.8. The summed E-state index contributed by atoms with van der Waals surface area (Å²) < 4.78 is 2.05. The number of imide groups is 2. The van der Waals surface area contributed by atoms with Crippen LogP contribution < -0.4 is 25.8 Å². The first-order valence-corrected chi connectivity index (χ1v) is 22.2. The molecule has 1 unspecified atom stereocenters. The Labute approximate surface area is 372 Å². The van der Waals surface area contributed by atoms with Gasteiger partial charge in [-0.25, -0.2) is 15.0 Å². The van der Waals surface area contributed by atoms with Gasteiger partial charge in [-0.2, -0.15) is 0 Å². The first kappa shape index (κ1) is 40.9. The molecule has 6 heterocycles. The van der Waals surface area contributed by atoms with E-state index in [9.17, 15) is 24.0 Å². The Morgan fingerprint density at radius 1 is 0.778 bits per heavy atom. The number of hydrogen-bond donors (Lipinski definition) is 3. The number of hydrogen-bond acceptors (Lipinski definition) is 12. The van der Waals surface area contributed by atoms with Crippen LogP contribution in [0, 0.1) is 5.92 Å². The predicted molar refractivity (Wildman–Crippen MR) is 238 cm³/mol. The van der Waals surface area contributed by atoms with Gasteiger partial charge in [0.15, 0.2) is 17.0 Å². The molecule has 3 N–H and O–H groups in total. The fourth-order valence-corrected chi connectivity index (χ4v) is 10.2. The van der Waals surface area contributed by atoms with E-state index in [0.717, 1.165) is 93.4 Å². The van der Waals surface area contributed by atoms with Crippen LogP contribution in [0.25, 0.3) is 11.2 Å². The number of amides is 5. The molecule has 4 aliphatic heterocycles. The summed E-state index contributed by atoms with van der Waals surface area (Å²) in [6.45, 7) is 6.60. The molecular weight excluding hydrogens is 845 g/mol. The van der Waals surface area contributed by atoms with Gasteiger partial charge < -0.3 is 25.0 Å². The second-order valence-electron chi connectivity index (χ2n) is 17.0. The van der Waals surface area contributed by atoms with Gasteiger partial charge in [-0.05, 0) is 92.6 Å². The average Bonchev–Trinajstić information content (AvgIpc) is 3.80. The maximum absolute atomic E-state index is 13.4. The molecule has 324 valence electrons. The fourth-order valence-electron chi connectivity index (χ4n) is 9.59. The number of imidazole rings is 1. The molecule has 0 bridgehead atoms. The number of fused-ring (bicyclic) bond motifs is 2. The molecule has 63 heavy (non-hydrogen) atoms. The number of piperazine rings is 1. The minimum Gasteiger partial charge on any atom is -0.371 e. The van der Waals surface area contributed by atoms with Crippen molar-refractivity contribution in [3.63, 3.8) is 0 Å². The molecule has 1 saturated carbocycles. The highest BCUT2D eigenvalue weighted by Gasteiger charge is 2.45. The van der Waals surface area contributed by atoms with E-state index >= 15 is 0 Å². The molecule has 3 aromatic carbocycles. The molecule has 1 atom stereocenters. The lowest BCUT2D eigenvalue weighted by Gasteiger charge is -2.40. The number of carbonyl (C=O) groups excluding carboxylic acids is 5. The number of nitrogens with zero attached hydrogens (tertiary/aromatic N) is 8. The number of rotatable bonds is 10. The van der Waals surface area contributed by atoms with Crippen LogP contribution in [0.1, 0.15) is 75.6 Å². The molecule has 3 saturated heterocycles. The Morgan fingerprint density at radius 3 is 2.21 bits per heavy atom. The number of nitrogens with one attached hydrogen (secondary N) is 3. The molecule has 5 aliphatic rings. The highest BCUT2D eigenvalue weighted by molar-refractivity contribution is 6.39. The number of piperidine rings is 2. The Balaban J connectivity index is 0.682. The van der Waals surface area contributed by atoms with Crippen LogP contribution in [0.15, 0.2) is 73.3 Å². The van der Waals surface area contributed by atoms with Crippen LogP contribution in [0.4, 0.5) is 22.9 Å². The van der Waals surface area contributed by atoms with Gasteiger partial charge in [-0.1, -0.05) is 29.3 Å². The second-order valence-corrected chi connectivity index (χ2v) is 17.8. The number of anilines is 4. The van der Waals surface area contributed by atoms with E-state index in [0.29, 0.717) is 44.0 Å². The normalized spacial score (nSPS) is 22.0. The number of benzene rings is 3. The highest BCUT2D eigenvalue weighted by Crippen LogP contribution is 2.37. The quantitative estimate of drug-likeness (QED) is 0.151. The third kappa shape index (κ3) is 7.95. The molecule has 5 aromatic rings. The Morgan fingerprint density at radius 2 is 1.48 bits per heavy atom. The van der Waals surface area contributed by atoms with E-state index in [1.807, 2.05) is 10.6 Å². The molecular formula is C45H45Cl2N11O5. The van der Waals surface area contributed by atoms with Gasteiger partial charge in [0, 0.05) is 81.4 Å². The largest absolute Gasteiger partial charge is 0.371 e. The second kappa shape index (κ2) is 16.9. The topological polar surface area (TPSA) is 178 Å². The third-order valence-electron chi connectivity index (χ3n) is 13.2. The minimum atomic E-state index is -0.970. The van der Waals surface area contributed by atoms with Crippen LogP contribution in [-0.2, 0) is 9.59 Å². The molecule has 1 aliphatic carbocycles. The van der Waals surface area contributed by atoms with Crippen LogP contribution in [0.2, 0.25) is 10.0 Å². The van der Waals surface area contributed by atoms with Crippen LogP contribution in [0.3, 0.4) is 0 Å². The van der Waals surface area contributed by atoms with Crippen molar-refractivity contribution in [3.05, 3.63) is 100 Å². The minimum absolute atomic E-state index is 0.0168. The summed E-state index contributed by atoms with van der Waals surface area (Å²) in [5.41, 5.74) is 5.29. The summed E-state index contributed by atoms with van der Waals surface area (Å²) in [7, 11) is 0. The van der Waals surface area contributed by atoms with Gasteiger partial charge in [0.05, 0.1) is 33.1 Å². The monoisotopic (exact) mass is 889 g/mol. The van der Waals surface area contributed by atoms with Gasteiger partial charge in [-0.15, -0.1) is 0 Å². The van der Waals surface area contributed by atoms with Crippen molar-refractivity contribution >= 4 is 86.8 Å². The summed E-state index contributed by atoms with van der Waals surface area (Å²) in [6, 6.07) is 17.9. The standard InChI is InChI=1S/C45H45Cl2N11O5/c46-34-2-1-3-35(47)38(34)43(61)52-28-20-31(21-28)57-25-50-39-40(48-24-49-41(39)57)51-27-4-6-29(7-5-27)56-18-16-54(17-19-56)23-26-12-14-55(15-13-26)30-8-9-32-33(22-30)45(63)58(44(32)62)36-10-11-37(59)53-42(36)60/h1-9,22,24-26,28,31,36H,10-21,23H2,(H,52,61)(H,48,49,51)(H,53,59,60). The van der Waals surface area contributed by atoms with Crippen molar-refractivity contribution in [2.24, 2.45) is 5.92 Å². The summed E-state index contributed by atoms with van der Waals surface area (Å²) in [5.74, 6) is -1.04. The Bertz CT molecular complexity index is 2620. The van der Waals surface area contributed by atoms with Crippen molar-refractivity contribution < 1.29 is 24.0 Å². The maximum Gasteiger partial charge on any atom is 0.262 e. The zero-order valence-corrected chi connectivity index (χ0v) is 35.8. The maximum atomic E-state index is 13.4. The van der Waals surface area contributed by atoms with Crippen molar-refractivity contribution in [1.29, 1.82) is 0 Å². The molecule has 4 fully saturated rings. The van der Waals surface area contributed by atoms with Crippen LogP contribution in [0.5, 0.6) is 0 Å². The van der Waals surface area contributed by atoms with E-state index in [1.165, 1.54) is 5.69 Å². The fraction of sp³-hybridized carbons (Fsp3) is 0.378. The van der Waals surface area contributed by atoms with Gasteiger partial charge in [-0.3, -0.25) is 39.1 Å². The van der Waals surface area contributed by atoms with E-state index < -0.39 is 23.8 Å². The SMILES string of the molecule is O=C1CCC(N2C(=O)c3ccc(N4CCC(CN5CCN(c6ccc(Nc7ncnc8c7ncn8C7CC(NC(=O)c8c(Cl)cccc8Cl)C7)cc6)CC5)CC4)cc3C2=O)C(=O)N1. The number of halogens is 2. The van der Waals surface area contributed by atoms with Crippen molar-refractivity contribution in [1.82, 2.24) is 40.0 Å². The van der Waals surface area contributed by atoms with Crippen LogP contribution >= 0.6 is 23.2 Å². The van der Waals surface area contributed by atoms with Crippen LogP contribution in [-0.4, -0.2) is 117 Å². The zero-order valence-electron chi connectivity index (χ0n) is 34.3. The molecule has 0 spiro atoms. The van der Waals surface area contributed by atoms with Crippen molar-refractivity contribution in [2.75, 3.05) is 60.9 Å².